The molecule has 2 aliphatic heterocycles. The fourth-order valence-corrected chi connectivity index (χ4v) is 3.65. The third-order valence-corrected chi connectivity index (χ3v) is 5.16. The van der Waals surface area contributed by atoms with Crippen LogP contribution in [0.15, 0.2) is 24.5 Å². The highest BCUT2D eigenvalue weighted by atomic mass is 19.4. The molecule has 0 saturated carbocycles. The van der Waals surface area contributed by atoms with E-state index in [9.17, 15) is 22.8 Å². The van der Waals surface area contributed by atoms with E-state index in [4.69, 9.17) is 9.90 Å². The van der Waals surface area contributed by atoms with E-state index in [2.05, 4.69) is 16.0 Å². The summed E-state index contributed by atoms with van der Waals surface area (Å²) in [5.74, 6) is -2.65. The second-order valence-corrected chi connectivity index (χ2v) is 7.41. The van der Waals surface area contributed by atoms with Gasteiger partial charge in [0.1, 0.15) is 6.54 Å². The lowest BCUT2D eigenvalue weighted by Crippen LogP contribution is -2.54. The maximum absolute atomic E-state index is 12.3. The summed E-state index contributed by atoms with van der Waals surface area (Å²) in [7, 11) is 3.47. The van der Waals surface area contributed by atoms with Crippen molar-refractivity contribution in [2.24, 2.45) is 0 Å². The number of pyridine rings is 1. The van der Waals surface area contributed by atoms with Crippen molar-refractivity contribution >= 4 is 17.8 Å². The molecule has 2 aliphatic rings. The van der Waals surface area contributed by atoms with Crippen LogP contribution < -0.4 is 0 Å². The van der Waals surface area contributed by atoms with Crippen molar-refractivity contribution in [2.45, 2.75) is 44.1 Å². The Balaban J connectivity index is 0.000000396. The summed E-state index contributed by atoms with van der Waals surface area (Å²) in [6, 6.07) is 4.55. The Kier molecular flexibility index (Phi) is 7.77. The van der Waals surface area contributed by atoms with Gasteiger partial charge in [-0.2, -0.15) is 13.2 Å². The summed E-state index contributed by atoms with van der Waals surface area (Å²) >= 11 is 0. The zero-order chi connectivity index (χ0) is 22.5. The maximum atomic E-state index is 12.3. The van der Waals surface area contributed by atoms with Gasteiger partial charge >= 0.3 is 12.1 Å². The lowest BCUT2D eigenvalue weighted by molar-refractivity contribution is -0.192. The number of alkyl halides is 3. The van der Waals surface area contributed by atoms with Crippen molar-refractivity contribution in [1.29, 1.82) is 0 Å². The van der Waals surface area contributed by atoms with Gasteiger partial charge in [0.25, 0.3) is 0 Å². The molecule has 3 heterocycles. The second-order valence-electron chi connectivity index (χ2n) is 7.41. The molecule has 0 unspecified atom stereocenters. The van der Waals surface area contributed by atoms with Crippen molar-refractivity contribution in [2.75, 3.05) is 27.2 Å². The Hall–Kier alpha value is -2.69. The lowest BCUT2D eigenvalue weighted by atomic mass is 9.96. The van der Waals surface area contributed by atoms with Crippen LogP contribution in [0.2, 0.25) is 0 Å². The molecular formula is C19H25F3N4O4. The highest BCUT2D eigenvalue weighted by molar-refractivity contribution is 5.85. The Morgan fingerprint density at radius 1 is 1.27 bits per heavy atom. The molecular weight excluding hydrogens is 405 g/mol. The average Bonchev–Trinajstić information content (AvgIpc) is 3.07. The molecule has 2 atom stereocenters. The fourth-order valence-electron chi connectivity index (χ4n) is 3.65. The van der Waals surface area contributed by atoms with E-state index in [1.165, 1.54) is 5.56 Å². The molecule has 2 fully saturated rings. The van der Waals surface area contributed by atoms with Crippen molar-refractivity contribution in [3.05, 3.63) is 30.1 Å². The summed E-state index contributed by atoms with van der Waals surface area (Å²) in [6.45, 7) is 2.02. The van der Waals surface area contributed by atoms with Gasteiger partial charge in [-0.15, -0.1) is 0 Å². The molecule has 0 radical (unpaired) electrons. The molecule has 11 heteroatoms. The van der Waals surface area contributed by atoms with E-state index in [-0.39, 0.29) is 24.4 Å². The number of carbonyl (C=O) groups excluding carboxylic acids is 2. The minimum atomic E-state index is -5.08. The molecule has 8 nitrogen and oxygen atoms in total. The number of rotatable bonds is 4. The van der Waals surface area contributed by atoms with Crippen molar-refractivity contribution in [3.8, 4) is 0 Å². The van der Waals surface area contributed by atoms with Crippen molar-refractivity contribution in [3.63, 3.8) is 0 Å². The summed E-state index contributed by atoms with van der Waals surface area (Å²) in [5.41, 5.74) is 1.20. The Bertz CT molecular complexity index is 758. The van der Waals surface area contributed by atoms with Gasteiger partial charge in [0.05, 0.1) is 0 Å². The standard InChI is InChI=1S/C17H24N4O2.C2HF3O2/c1-19(2)17(23)12-21-15-7-9-20(14(15)5-6-16(21)22)11-13-4-3-8-18-10-13;3-2(4,5)1(6)7/h3-4,8,10,14-15H,5-7,9,11-12H2,1-2H3;(H,6,7)/t14-,15-;/m1./s1. The summed E-state index contributed by atoms with van der Waals surface area (Å²) < 4.78 is 31.7. The number of halogens is 3. The van der Waals surface area contributed by atoms with Crippen LogP contribution in [0, 0.1) is 0 Å². The number of nitrogens with zero attached hydrogens (tertiary/aromatic N) is 4. The van der Waals surface area contributed by atoms with Gasteiger partial charge in [-0.25, -0.2) is 4.79 Å². The van der Waals surface area contributed by atoms with Crippen LogP contribution in [0.25, 0.3) is 0 Å². The summed E-state index contributed by atoms with van der Waals surface area (Å²) in [5, 5.41) is 7.12. The van der Waals surface area contributed by atoms with Crippen LogP contribution in [0.4, 0.5) is 13.2 Å². The van der Waals surface area contributed by atoms with Crippen LogP contribution in [-0.4, -0.2) is 88.0 Å². The highest BCUT2D eigenvalue weighted by Gasteiger charge is 2.43. The molecule has 1 aromatic heterocycles. The minimum absolute atomic E-state index is 0.00953. The van der Waals surface area contributed by atoms with Crippen molar-refractivity contribution in [1.82, 2.24) is 19.7 Å². The predicted octanol–water partition coefficient (Wildman–Crippen LogP) is 1.37. The Morgan fingerprint density at radius 3 is 2.47 bits per heavy atom. The molecule has 0 aromatic carbocycles. The molecule has 1 aromatic rings. The van der Waals surface area contributed by atoms with Gasteiger partial charge in [-0.05, 0) is 24.5 Å². The van der Waals surface area contributed by atoms with Gasteiger partial charge in [0.2, 0.25) is 11.8 Å². The number of hydrogen-bond donors (Lipinski definition) is 1. The van der Waals surface area contributed by atoms with Gasteiger partial charge in [-0.3, -0.25) is 19.5 Å². The van der Waals surface area contributed by atoms with E-state index < -0.39 is 12.1 Å². The van der Waals surface area contributed by atoms with E-state index >= 15 is 0 Å². The fraction of sp³-hybridized carbons (Fsp3) is 0.579. The number of aromatic nitrogens is 1. The highest BCUT2D eigenvalue weighted by Crippen LogP contribution is 2.32. The monoisotopic (exact) mass is 430 g/mol. The number of aliphatic carboxylic acids is 1. The molecule has 3 rings (SSSR count). The number of carbonyl (C=O) groups is 3. The molecule has 0 spiro atoms. The smallest absolute Gasteiger partial charge is 0.475 e. The summed E-state index contributed by atoms with van der Waals surface area (Å²) in [4.78, 5) is 43.2. The van der Waals surface area contributed by atoms with E-state index in [1.54, 1.807) is 30.1 Å². The zero-order valence-electron chi connectivity index (χ0n) is 16.8. The first-order valence-corrected chi connectivity index (χ1v) is 9.43. The van der Waals surface area contributed by atoms with E-state index in [0.29, 0.717) is 12.5 Å². The lowest BCUT2D eigenvalue weighted by Gasteiger charge is -2.39. The normalized spacial score (nSPS) is 21.5. The molecule has 166 valence electrons. The maximum Gasteiger partial charge on any atom is 0.490 e. The number of fused-ring (bicyclic) bond motifs is 1. The molecule has 2 saturated heterocycles. The SMILES string of the molecule is CN(C)C(=O)CN1C(=O)CC[C@@H]2[C@H]1CCN2Cc1cccnc1.O=C(O)C(F)(F)F. The van der Waals surface area contributed by atoms with Gasteiger partial charge in [-0.1, -0.05) is 6.07 Å². The van der Waals surface area contributed by atoms with Crippen molar-refractivity contribution < 1.29 is 32.7 Å². The largest absolute Gasteiger partial charge is 0.490 e. The van der Waals surface area contributed by atoms with E-state index in [0.717, 1.165) is 25.9 Å². The van der Waals surface area contributed by atoms with Gasteiger partial charge in [0, 0.05) is 58.1 Å². The van der Waals surface area contributed by atoms with E-state index in [1.807, 2.05) is 12.3 Å². The molecule has 30 heavy (non-hydrogen) atoms. The number of amides is 2. The zero-order valence-corrected chi connectivity index (χ0v) is 16.8. The molecule has 0 aliphatic carbocycles. The molecule has 0 bridgehead atoms. The van der Waals surface area contributed by atoms with Gasteiger partial charge < -0.3 is 14.9 Å². The van der Waals surface area contributed by atoms with Crippen LogP contribution in [0.1, 0.15) is 24.8 Å². The van der Waals surface area contributed by atoms with Crippen LogP contribution in [-0.2, 0) is 20.9 Å². The van der Waals surface area contributed by atoms with Crippen LogP contribution in [0.5, 0.6) is 0 Å². The predicted molar refractivity (Wildman–Crippen MR) is 100 cm³/mol. The first-order valence-electron chi connectivity index (χ1n) is 9.43. The van der Waals surface area contributed by atoms with Gasteiger partial charge in [0.15, 0.2) is 0 Å². The summed E-state index contributed by atoms with van der Waals surface area (Å²) in [6.07, 6.45) is 0.956. The minimum Gasteiger partial charge on any atom is -0.475 e. The number of likely N-dealkylation sites (tertiary alicyclic amines) is 2. The number of carboxylic acid groups (broad SMARTS) is 1. The Morgan fingerprint density at radius 2 is 1.93 bits per heavy atom. The number of hydrogen-bond acceptors (Lipinski definition) is 5. The third-order valence-electron chi connectivity index (χ3n) is 5.16. The Labute approximate surface area is 172 Å². The average molecular weight is 430 g/mol. The second kappa shape index (κ2) is 9.88. The van der Waals surface area contributed by atoms with Crippen LogP contribution in [0.3, 0.4) is 0 Å². The van der Waals surface area contributed by atoms with Crippen LogP contribution >= 0.6 is 0 Å². The molecule has 2 amide bonds. The number of piperidine rings is 1. The quantitative estimate of drug-likeness (QED) is 0.776. The first kappa shape index (κ1) is 23.6. The third kappa shape index (κ3) is 6.15. The number of carboxylic acids is 1. The number of likely N-dealkylation sites (N-methyl/N-ethyl adjacent to an activating group) is 1. The first-order chi connectivity index (χ1) is 14.0. The molecule has 1 N–H and O–H groups in total. The topological polar surface area (TPSA) is 94.1 Å².